The third-order valence-electron chi connectivity index (χ3n) is 3.01. The topological polar surface area (TPSA) is 77.2 Å². The molecule has 1 heterocycles. The van der Waals surface area contributed by atoms with Gasteiger partial charge < -0.3 is 15.8 Å². The van der Waals surface area contributed by atoms with Gasteiger partial charge in [0.1, 0.15) is 5.69 Å². The van der Waals surface area contributed by atoms with Crippen LogP contribution in [0.1, 0.15) is 16.1 Å². The molecule has 2 rings (SSSR count). The number of pyridine rings is 1. The van der Waals surface area contributed by atoms with Gasteiger partial charge in [0.25, 0.3) is 5.91 Å². The molecule has 0 aliphatic rings. The summed E-state index contributed by atoms with van der Waals surface area (Å²) in [6, 6.07) is 5.59. The predicted octanol–water partition coefficient (Wildman–Crippen LogP) is 1.50. The molecule has 2 aromatic rings. The van der Waals surface area contributed by atoms with Gasteiger partial charge in [-0.3, -0.25) is 9.78 Å². The molecule has 0 saturated carbocycles. The predicted molar refractivity (Wildman–Crippen MR) is 75.1 cm³/mol. The SMILES string of the molecule is COCCNC(=O)c1nccc2c(N)c(C)ccc12. The minimum atomic E-state index is -0.217. The molecule has 3 N–H and O–H groups in total. The third kappa shape index (κ3) is 2.66. The summed E-state index contributed by atoms with van der Waals surface area (Å²) >= 11 is 0. The maximum absolute atomic E-state index is 12.1. The number of benzene rings is 1. The Bertz CT molecular complexity index is 611. The van der Waals surface area contributed by atoms with Crippen LogP contribution in [0.5, 0.6) is 0 Å². The number of rotatable bonds is 4. The van der Waals surface area contributed by atoms with Crippen LogP contribution in [0.3, 0.4) is 0 Å². The standard InChI is InChI=1S/C14H17N3O2/c1-9-3-4-11-10(12(9)15)5-6-16-13(11)14(18)17-7-8-19-2/h3-6H,7-8,15H2,1-2H3,(H,17,18). The summed E-state index contributed by atoms with van der Waals surface area (Å²) in [6.45, 7) is 2.86. The van der Waals surface area contributed by atoms with Gasteiger partial charge in [0.15, 0.2) is 0 Å². The molecule has 1 aromatic heterocycles. The second-order valence-corrected chi connectivity index (χ2v) is 4.30. The number of aryl methyl sites for hydroxylation is 1. The van der Waals surface area contributed by atoms with E-state index < -0.39 is 0 Å². The first-order valence-electron chi connectivity index (χ1n) is 6.06. The van der Waals surface area contributed by atoms with E-state index in [2.05, 4.69) is 10.3 Å². The van der Waals surface area contributed by atoms with Gasteiger partial charge in [0.2, 0.25) is 0 Å². The fraction of sp³-hybridized carbons (Fsp3) is 0.286. The van der Waals surface area contributed by atoms with Crippen LogP contribution in [0, 0.1) is 6.92 Å². The number of aromatic nitrogens is 1. The molecule has 1 amide bonds. The lowest BCUT2D eigenvalue weighted by molar-refractivity contribution is 0.0934. The third-order valence-corrected chi connectivity index (χ3v) is 3.01. The van der Waals surface area contributed by atoms with Crippen molar-refractivity contribution in [2.45, 2.75) is 6.92 Å². The Labute approximate surface area is 111 Å². The highest BCUT2D eigenvalue weighted by Crippen LogP contribution is 2.25. The van der Waals surface area contributed by atoms with Crippen LogP contribution in [-0.4, -0.2) is 31.2 Å². The second-order valence-electron chi connectivity index (χ2n) is 4.30. The Morgan fingerprint density at radius 2 is 2.16 bits per heavy atom. The summed E-state index contributed by atoms with van der Waals surface area (Å²) in [5.41, 5.74) is 8.09. The number of anilines is 1. The number of nitrogens with two attached hydrogens (primary N) is 1. The maximum Gasteiger partial charge on any atom is 0.270 e. The van der Waals surface area contributed by atoms with Crippen molar-refractivity contribution >= 4 is 22.4 Å². The number of nitrogen functional groups attached to an aromatic ring is 1. The largest absolute Gasteiger partial charge is 0.398 e. The summed E-state index contributed by atoms with van der Waals surface area (Å²) in [4.78, 5) is 16.2. The number of fused-ring (bicyclic) bond motifs is 1. The molecule has 5 nitrogen and oxygen atoms in total. The highest BCUT2D eigenvalue weighted by atomic mass is 16.5. The molecule has 0 unspecified atom stereocenters. The van der Waals surface area contributed by atoms with Crippen molar-refractivity contribution in [2.24, 2.45) is 0 Å². The van der Waals surface area contributed by atoms with E-state index in [9.17, 15) is 4.79 Å². The van der Waals surface area contributed by atoms with Crippen LogP contribution in [0.2, 0.25) is 0 Å². The fourth-order valence-corrected chi connectivity index (χ4v) is 1.92. The molecule has 0 spiro atoms. The van der Waals surface area contributed by atoms with Crippen LogP contribution in [0.25, 0.3) is 10.8 Å². The summed E-state index contributed by atoms with van der Waals surface area (Å²) in [7, 11) is 1.59. The first kappa shape index (κ1) is 13.3. The summed E-state index contributed by atoms with van der Waals surface area (Å²) < 4.78 is 4.90. The smallest absolute Gasteiger partial charge is 0.270 e. The van der Waals surface area contributed by atoms with Crippen molar-refractivity contribution in [3.63, 3.8) is 0 Å². The van der Waals surface area contributed by atoms with Gasteiger partial charge in [-0.15, -0.1) is 0 Å². The van der Waals surface area contributed by atoms with Crippen molar-refractivity contribution in [2.75, 3.05) is 26.0 Å². The van der Waals surface area contributed by atoms with E-state index in [0.717, 1.165) is 16.3 Å². The van der Waals surface area contributed by atoms with Gasteiger partial charge in [0.05, 0.1) is 6.61 Å². The Morgan fingerprint density at radius 1 is 1.37 bits per heavy atom. The molecule has 0 saturated heterocycles. The number of hydrogen-bond acceptors (Lipinski definition) is 4. The van der Waals surface area contributed by atoms with Crippen molar-refractivity contribution in [3.05, 3.63) is 35.7 Å². The number of amides is 1. The first-order valence-corrected chi connectivity index (χ1v) is 6.06. The molecule has 0 aliphatic heterocycles. The van der Waals surface area contributed by atoms with E-state index in [-0.39, 0.29) is 5.91 Å². The van der Waals surface area contributed by atoms with Gasteiger partial charge in [0, 0.05) is 36.3 Å². The molecule has 0 aliphatic carbocycles. The van der Waals surface area contributed by atoms with Crippen LogP contribution >= 0.6 is 0 Å². The van der Waals surface area contributed by atoms with Crippen molar-refractivity contribution in [1.82, 2.24) is 10.3 Å². The quantitative estimate of drug-likeness (QED) is 0.644. The van der Waals surface area contributed by atoms with Crippen LogP contribution in [0.15, 0.2) is 24.4 Å². The lowest BCUT2D eigenvalue weighted by atomic mass is 10.0. The Kier molecular flexibility index (Phi) is 3.97. The van der Waals surface area contributed by atoms with Crippen LogP contribution in [0.4, 0.5) is 5.69 Å². The van der Waals surface area contributed by atoms with E-state index >= 15 is 0 Å². The van der Waals surface area contributed by atoms with Crippen molar-refractivity contribution < 1.29 is 9.53 Å². The molecule has 0 fully saturated rings. The number of ether oxygens (including phenoxy) is 1. The highest BCUT2D eigenvalue weighted by Gasteiger charge is 2.12. The van der Waals surface area contributed by atoms with Gasteiger partial charge in [-0.1, -0.05) is 12.1 Å². The summed E-state index contributed by atoms with van der Waals surface area (Å²) in [5, 5.41) is 4.38. The minimum absolute atomic E-state index is 0.217. The average Bonchev–Trinajstić information content (AvgIpc) is 2.42. The molecule has 0 bridgehead atoms. The Balaban J connectivity index is 2.39. The van der Waals surface area contributed by atoms with E-state index in [1.807, 2.05) is 25.1 Å². The van der Waals surface area contributed by atoms with Crippen molar-refractivity contribution in [3.8, 4) is 0 Å². The number of carbonyl (C=O) groups excluding carboxylic acids is 1. The zero-order valence-corrected chi connectivity index (χ0v) is 11.1. The van der Waals surface area contributed by atoms with Crippen LogP contribution in [-0.2, 0) is 4.74 Å². The molecule has 0 radical (unpaired) electrons. The number of carbonyl (C=O) groups is 1. The first-order chi connectivity index (χ1) is 9.15. The summed E-state index contributed by atoms with van der Waals surface area (Å²) in [5.74, 6) is -0.217. The van der Waals surface area contributed by atoms with Gasteiger partial charge in [-0.2, -0.15) is 0 Å². The van der Waals surface area contributed by atoms with E-state index in [1.54, 1.807) is 13.3 Å². The van der Waals surface area contributed by atoms with Gasteiger partial charge >= 0.3 is 0 Å². The van der Waals surface area contributed by atoms with Crippen LogP contribution < -0.4 is 11.1 Å². The average molecular weight is 259 g/mol. The highest BCUT2D eigenvalue weighted by molar-refractivity contribution is 6.08. The lowest BCUT2D eigenvalue weighted by Crippen LogP contribution is -2.27. The molecule has 5 heteroatoms. The Morgan fingerprint density at radius 3 is 2.89 bits per heavy atom. The molecule has 19 heavy (non-hydrogen) atoms. The normalized spacial score (nSPS) is 10.6. The lowest BCUT2D eigenvalue weighted by Gasteiger charge is -2.09. The zero-order valence-electron chi connectivity index (χ0n) is 11.1. The Hall–Kier alpha value is -2.14. The number of nitrogens with one attached hydrogen (secondary N) is 1. The molecular weight excluding hydrogens is 242 g/mol. The second kappa shape index (κ2) is 5.67. The monoisotopic (exact) mass is 259 g/mol. The molecule has 0 atom stereocenters. The molecule has 100 valence electrons. The van der Waals surface area contributed by atoms with E-state index in [0.29, 0.717) is 24.5 Å². The van der Waals surface area contributed by atoms with E-state index in [1.165, 1.54) is 0 Å². The number of nitrogens with zero attached hydrogens (tertiary/aromatic N) is 1. The minimum Gasteiger partial charge on any atom is -0.398 e. The zero-order chi connectivity index (χ0) is 13.8. The fourth-order valence-electron chi connectivity index (χ4n) is 1.92. The molecular formula is C14H17N3O2. The number of methoxy groups -OCH3 is 1. The summed E-state index contributed by atoms with van der Waals surface area (Å²) in [6.07, 6.45) is 1.60. The van der Waals surface area contributed by atoms with Gasteiger partial charge in [-0.25, -0.2) is 0 Å². The van der Waals surface area contributed by atoms with E-state index in [4.69, 9.17) is 10.5 Å². The van der Waals surface area contributed by atoms with Crippen molar-refractivity contribution in [1.29, 1.82) is 0 Å². The molecule has 1 aromatic carbocycles. The van der Waals surface area contributed by atoms with Gasteiger partial charge in [-0.05, 0) is 18.6 Å². The number of hydrogen-bond donors (Lipinski definition) is 2. The maximum atomic E-state index is 12.1.